The van der Waals surface area contributed by atoms with Gasteiger partial charge in [0.2, 0.25) is 17.8 Å². The van der Waals surface area contributed by atoms with Gasteiger partial charge in [-0.15, -0.1) is 0 Å². The lowest BCUT2D eigenvalue weighted by atomic mass is 10.1. The SMILES string of the molecule is Cc1ccc(Nc2nc(Nc3cccc(C(F)(F)F)c3)nc(N3CCOCC3)n2)c(C)c1. The Morgan fingerprint density at radius 3 is 2.31 bits per heavy atom. The first-order valence-corrected chi connectivity index (χ1v) is 10.2. The number of aromatic nitrogens is 3. The van der Waals surface area contributed by atoms with Crippen molar-refractivity contribution < 1.29 is 17.9 Å². The number of rotatable bonds is 5. The summed E-state index contributed by atoms with van der Waals surface area (Å²) in [6, 6.07) is 10.9. The van der Waals surface area contributed by atoms with Gasteiger partial charge in [-0.1, -0.05) is 23.8 Å². The van der Waals surface area contributed by atoms with Crippen LogP contribution in [-0.2, 0) is 10.9 Å². The Kier molecular flexibility index (Phi) is 6.13. The first kappa shape index (κ1) is 21.8. The van der Waals surface area contributed by atoms with E-state index in [4.69, 9.17) is 4.74 Å². The number of benzene rings is 2. The lowest BCUT2D eigenvalue weighted by molar-refractivity contribution is -0.137. The first-order chi connectivity index (χ1) is 15.3. The number of hydrogen-bond acceptors (Lipinski definition) is 7. The van der Waals surface area contributed by atoms with Crippen molar-refractivity contribution >= 4 is 29.2 Å². The molecule has 168 valence electrons. The minimum atomic E-state index is -4.44. The van der Waals surface area contributed by atoms with Crippen LogP contribution in [0.15, 0.2) is 42.5 Å². The van der Waals surface area contributed by atoms with Crippen molar-refractivity contribution in [3.8, 4) is 0 Å². The molecule has 0 unspecified atom stereocenters. The van der Waals surface area contributed by atoms with Crippen LogP contribution >= 0.6 is 0 Å². The number of aryl methyl sites for hydroxylation is 2. The quantitative estimate of drug-likeness (QED) is 0.584. The second-order valence-corrected chi connectivity index (χ2v) is 7.53. The van der Waals surface area contributed by atoms with E-state index in [9.17, 15) is 13.2 Å². The Hall–Kier alpha value is -3.40. The predicted molar refractivity (Wildman–Crippen MR) is 117 cm³/mol. The molecule has 1 fully saturated rings. The van der Waals surface area contributed by atoms with Crippen LogP contribution in [0, 0.1) is 13.8 Å². The number of alkyl halides is 3. The molecule has 2 aromatic carbocycles. The predicted octanol–water partition coefficient (Wildman–Crippen LogP) is 4.83. The van der Waals surface area contributed by atoms with E-state index in [2.05, 4.69) is 25.6 Å². The Morgan fingerprint density at radius 2 is 1.62 bits per heavy atom. The maximum atomic E-state index is 13.1. The van der Waals surface area contributed by atoms with Crippen LogP contribution in [0.4, 0.5) is 42.4 Å². The van der Waals surface area contributed by atoms with Crippen molar-refractivity contribution in [1.29, 1.82) is 0 Å². The third kappa shape index (κ3) is 5.25. The van der Waals surface area contributed by atoms with Gasteiger partial charge in [0, 0.05) is 24.5 Å². The molecule has 0 amide bonds. The molecule has 4 rings (SSSR count). The lowest BCUT2D eigenvalue weighted by Gasteiger charge is -2.27. The summed E-state index contributed by atoms with van der Waals surface area (Å²) in [5.74, 6) is 0.862. The number of nitrogens with zero attached hydrogens (tertiary/aromatic N) is 4. The standard InChI is InChI=1S/C22H23F3N6O/c1-14-6-7-18(15(2)12-14)27-20-28-19(29-21(30-20)31-8-10-32-11-9-31)26-17-5-3-4-16(13-17)22(23,24)25/h3-7,12-13H,8-11H2,1-2H3,(H2,26,27,28,29,30). The number of halogens is 3. The first-order valence-electron chi connectivity index (χ1n) is 10.2. The lowest BCUT2D eigenvalue weighted by Crippen LogP contribution is -2.37. The molecule has 1 aliphatic heterocycles. The van der Waals surface area contributed by atoms with Crippen LogP contribution in [0.1, 0.15) is 16.7 Å². The fourth-order valence-corrected chi connectivity index (χ4v) is 3.36. The zero-order valence-electron chi connectivity index (χ0n) is 17.7. The highest BCUT2D eigenvalue weighted by Gasteiger charge is 2.30. The van der Waals surface area contributed by atoms with E-state index in [0.717, 1.165) is 28.9 Å². The number of morpholine rings is 1. The van der Waals surface area contributed by atoms with Gasteiger partial charge in [-0.05, 0) is 43.7 Å². The van der Waals surface area contributed by atoms with Crippen molar-refractivity contribution in [2.45, 2.75) is 20.0 Å². The topological polar surface area (TPSA) is 75.2 Å². The maximum Gasteiger partial charge on any atom is 0.416 e. The zero-order chi connectivity index (χ0) is 22.7. The monoisotopic (exact) mass is 444 g/mol. The summed E-state index contributed by atoms with van der Waals surface area (Å²) in [7, 11) is 0. The van der Waals surface area contributed by atoms with Gasteiger partial charge in [-0.2, -0.15) is 28.1 Å². The fourth-order valence-electron chi connectivity index (χ4n) is 3.36. The van der Waals surface area contributed by atoms with Gasteiger partial charge >= 0.3 is 6.18 Å². The average molecular weight is 444 g/mol. The van der Waals surface area contributed by atoms with Crippen LogP contribution < -0.4 is 15.5 Å². The maximum absolute atomic E-state index is 13.1. The van der Waals surface area contributed by atoms with Crippen molar-refractivity contribution in [3.63, 3.8) is 0 Å². The molecule has 2 N–H and O–H groups in total. The Balaban J connectivity index is 1.67. The number of ether oxygens (including phenoxy) is 1. The highest BCUT2D eigenvalue weighted by atomic mass is 19.4. The van der Waals surface area contributed by atoms with Gasteiger partial charge in [-0.25, -0.2) is 0 Å². The molecule has 1 saturated heterocycles. The second kappa shape index (κ2) is 8.99. The molecule has 7 nitrogen and oxygen atoms in total. The second-order valence-electron chi connectivity index (χ2n) is 7.53. The molecule has 32 heavy (non-hydrogen) atoms. The number of anilines is 5. The van der Waals surface area contributed by atoms with E-state index in [1.807, 2.05) is 36.9 Å². The van der Waals surface area contributed by atoms with E-state index < -0.39 is 11.7 Å². The molecule has 0 aliphatic carbocycles. The summed E-state index contributed by atoms with van der Waals surface area (Å²) in [5, 5.41) is 6.09. The van der Waals surface area contributed by atoms with E-state index in [0.29, 0.717) is 38.2 Å². The van der Waals surface area contributed by atoms with Gasteiger partial charge in [0.25, 0.3) is 0 Å². The normalized spacial score (nSPS) is 14.3. The van der Waals surface area contributed by atoms with Gasteiger partial charge in [-0.3, -0.25) is 0 Å². The van der Waals surface area contributed by atoms with Crippen molar-refractivity contribution in [1.82, 2.24) is 15.0 Å². The molecule has 0 bridgehead atoms. The van der Waals surface area contributed by atoms with E-state index in [-0.39, 0.29) is 11.6 Å². The molecule has 0 spiro atoms. The Labute approximate surface area is 183 Å². The van der Waals surface area contributed by atoms with E-state index in [1.165, 1.54) is 12.1 Å². The van der Waals surface area contributed by atoms with Gasteiger partial charge in [0.05, 0.1) is 18.8 Å². The van der Waals surface area contributed by atoms with Crippen LogP contribution in [0.3, 0.4) is 0 Å². The van der Waals surface area contributed by atoms with Crippen LogP contribution in [0.2, 0.25) is 0 Å². The fraction of sp³-hybridized carbons (Fsp3) is 0.318. The van der Waals surface area contributed by atoms with Crippen LogP contribution in [0.25, 0.3) is 0 Å². The summed E-state index contributed by atoms with van der Waals surface area (Å²) in [4.78, 5) is 15.3. The van der Waals surface area contributed by atoms with Crippen molar-refractivity contribution in [3.05, 3.63) is 59.2 Å². The summed E-state index contributed by atoms with van der Waals surface area (Å²) >= 11 is 0. The Morgan fingerprint density at radius 1 is 0.906 bits per heavy atom. The highest BCUT2D eigenvalue weighted by Crippen LogP contribution is 2.31. The molecular weight excluding hydrogens is 421 g/mol. The van der Waals surface area contributed by atoms with Crippen LogP contribution in [-0.4, -0.2) is 41.3 Å². The summed E-state index contributed by atoms with van der Waals surface area (Å²) in [6.07, 6.45) is -4.44. The third-order valence-electron chi connectivity index (χ3n) is 4.99. The molecule has 3 aromatic rings. The van der Waals surface area contributed by atoms with Gasteiger partial charge in [0.1, 0.15) is 0 Å². The minimum Gasteiger partial charge on any atom is -0.378 e. The highest BCUT2D eigenvalue weighted by molar-refractivity contribution is 5.62. The van der Waals surface area contributed by atoms with E-state index >= 15 is 0 Å². The molecule has 0 saturated carbocycles. The zero-order valence-corrected chi connectivity index (χ0v) is 17.7. The van der Waals surface area contributed by atoms with Gasteiger partial charge in [0.15, 0.2) is 0 Å². The summed E-state index contributed by atoms with van der Waals surface area (Å²) in [5.41, 5.74) is 2.46. The van der Waals surface area contributed by atoms with Crippen molar-refractivity contribution in [2.75, 3.05) is 41.8 Å². The molecule has 0 radical (unpaired) electrons. The summed E-state index contributed by atoms with van der Waals surface area (Å²) in [6.45, 7) is 6.28. The third-order valence-corrected chi connectivity index (χ3v) is 4.99. The summed E-state index contributed by atoms with van der Waals surface area (Å²) < 4.78 is 44.7. The average Bonchev–Trinajstić information content (AvgIpc) is 2.76. The molecular formula is C22H23F3N6O. The van der Waals surface area contributed by atoms with Crippen molar-refractivity contribution in [2.24, 2.45) is 0 Å². The van der Waals surface area contributed by atoms with E-state index in [1.54, 1.807) is 0 Å². The number of nitrogens with one attached hydrogen (secondary N) is 2. The molecule has 1 aliphatic rings. The minimum absolute atomic E-state index is 0.146. The Bertz CT molecular complexity index is 1100. The number of hydrogen-bond donors (Lipinski definition) is 2. The molecule has 0 atom stereocenters. The molecule has 2 heterocycles. The van der Waals surface area contributed by atoms with Crippen LogP contribution in [0.5, 0.6) is 0 Å². The van der Waals surface area contributed by atoms with Gasteiger partial charge < -0.3 is 20.3 Å². The largest absolute Gasteiger partial charge is 0.416 e. The smallest absolute Gasteiger partial charge is 0.378 e. The molecule has 10 heteroatoms. The molecule has 1 aromatic heterocycles.